The van der Waals surface area contributed by atoms with Crippen LogP contribution in [-0.4, -0.2) is 23.8 Å². The highest BCUT2D eigenvalue weighted by atomic mass is 16.5. The van der Waals surface area contributed by atoms with E-state index >= 15 is 0 Å². The largest absolute Gasteiger partial charge is 0.466 e. The summed E-state index contributed by atoms with van der Waals surface area (Å²) in [6.07, 6.45) is -0.148. The molecular formula is C8H16O3. The van der Waals surface area contributed by atoms with Crippen molar-refractivity contribution in [1.82, 2.24) is 0 Å². The summed E-state index contributed by atoms with van der Waals surface area (Å²) in [7, 11) is 0. The third-order valence-electron chi connectivity index (χ3n) is 1.62. The summed E-state index contributed by atoms with van der Waals surface area (Å²) < 4.78 is 4.71. The number of hydrogen-bond donors (Lipinski definition) is 1. The lowest BCUT2D eigenvalue weighted by atomic mass is 10.0. The van der Waals surface area contributed by atoms with Gasteiger partial charge in [-0.25, -0.2) is 0 Å². The van der Waals surface area contributed by atoms with Gasteiger partial charge in [0.1, 0.15) is 0 Å². The van der Waals surface area contributed by atoms with Crippen molar-refractivity contribution in [3.63, 3.8) is 0 Å². The first-order chi connectivity index (χ1) is 5.07. The van der Waals surface area contributed by atoms with Gasteiger partial charge in [0.15, 0.2) is 0 Å². The van der Waals surface area contributed by atoms with E-state index in [4.69, 9.17) is 9.84 Å². The van der Waals surface area contributed by atoms with E-state index in [1.54, 1.807) is 13.8 Å². The van der Waals surface area contributed by atoms with Crippen LogP contribution in [0, 0.1) is 5.92 Å². The molecule has 0 unspecified atom stereocenters. The monoisotopic (exact) mass is 160 g/mol. The van der Waals surface area contributed by atoms with Crippen LogP contribution in [0.1, 0.15) is 27.2 Å². The van der Waals surface area contributed by atoms with Crippen LogP contribution in [0.2, 0.25) is 0 Å². The summed E-state index contributed by atoms with van der Waals surface area (Å²) in [6, 6.07) is 0. The third kappa shape index (κ3) is 4.79. The van der Waals surface area contributed by atoms with E-state index in [-0.39, 0.29) is 11.9 Å². The second kappa shape index (κ2) is 5.13. The van der Waals surface area contributed by atoms with Crippen molar-refractivity contribution in [2.24, 2.45) is 5.92 Å². The van der Waals surface area contributed by atoms with Crippen molar-refractivity contribution < 1.29 is 14.6 Å². The fraction of sp³-hybridized carbons (Fsp3) is 0.875. The minimum Gasteiger partial charge on any atom is -0.466 e. The Morgan fingerprint density at radius 1 is 1.55 bits per heavy atom. The Morgan fingerprint density at radius 2 is 2.09 bits per heavy atom. The molecule has 0 bridgehead atoms. The molecule has 66 valence electrons. The molecule has 0 spiro atoms. The number of aliphatic hydroxyl groups excluding tert-OH is 1. The first-order valence-corrected chi connectivity index (χ1v) is 3.91. The number of carbonyl (C=O) groups excluding carboxylic acids is 1. The molecule has 0 heterocycles. The SMILES string of the molecule is CCOC(=O)C[C@H](C)[C@@H](C)O. The molecule has 0 radical (unpaired) electrons. The van der Waals surface area contributed by atoms with Gasteiger partial charge >= 0.3 is 5.97 Å². The molecule has 11 heavy (non-hydrogen) atoms. The zero-order valence-electron chi connectivity index (χ0n) is 7.33. The van der Waals surface area contributed by atoms with E-state index in [0.29, 0.717) is 13.0 Å². The van der Waals surface area contributed by atoms with Gasteiger partial charge in [-0.1, -0.05) is 6.92 Å². The first-order valence-electron chi connectivity index (χ1n) is 3.91. The third-order valence-corrected chi connectivity index (χ3v) is 1.62. The zero-order chi connectivity index (χ0) is 8.85. The van der Waals surface area contributed by atoms with Crippen LogP contribution in [0.15, 0.2) is 0 Å². The minimum absolute atomic E-state index is 0.0194. The highest BCUT2D eigenvalue weighted by molar-refractivity contribution is 5.69. The molecule has 3 heteroatoms. The fourth-order valence-electron chi connectivity index (χ4n) is 0.653. The number of aliphatic hydroxyl groups is 1. The van der Waals surface area contributed by atoms with E-state index < -0.39 is 6.10 Å². The average molecular weight is 160 g/mol. The lowest BCUT2D eigenvalue weighted by Gasteiger charge is -2.12. The first kappa shape index (κ1) is 10.4. The highest BCUT2D eigenvalue weighted by Gasteiger charge is 2.13. The quantitative estimate of drug-likeness (QED) is 0.623. The molecule has 0 aromatic carbocycles. The summed E-state index contributed by atoms with van der Waals surface area (Å²) in [5.74, 6) is -0.255. The number of rotatable bonds is 4. The Hall–Kier alpha value is -0.570. The smallest absolute Gasteiger partial charge is 0.306 e. The normalized spacial score (nSPS) is 15.6. The molecule has 0 rings (SSSR count). The van der Waals surface area contributed by atoms with Gasteiger partial charge in [-0.05, 0) is 19.8 Å². The van der Waals surface area contributed by atoms with Crippen molar-refractivity contribution >= 4 is 5.97 Å². The molecule has 0 amide bonds. The van der Waals surface area contributed by atoms with Crippen molar-refractivity contribution in [3.05, 3.63) is 0 Å². The molecule has 0 aliphatic carbocycles. The molecule has 0 aliphatic rings. The molecule has 0 aromatic rings. The molecule has 0 saturated heterocycles. The van der Waals surface area contributed by atoms with Gasteiger partial charge in [0, 0.05) is 0 Å². The number of ether oxygens (including phenoxy) is 1. The molecule has 0 fully saturated rings. The predicted molar refractivity (Wildman–Crippen MR) is 42.1 cm³/mol. The second-order valence-corrected chi connectivity index (χ2v) is 2.73. The maximum absolute atomic E-state index is 10.8. The lowest BCUT2D eigenvalue weighted by molar-refractivity contribution is -0.144. The molecule has 0 aromatic heterocycles. The Bertz CT molecular complexity index is 121. The molecule has 0 saturated carbocycles. The van der Waals surface area contributed by atoms with Crippen LogP contribution in [0.5, 0.6) is 0 Å². The van der Waals surface area contributed by atoms with Gasteiger partial charge in [0.25, 0.3) is 0 Å². The lowest BCUT2D eigenvalue weighted by Crippen LogP contribution is -2.18. The second-order valence-electron chi connectivity index (χ2n) is 2.73. The number of esters is 1. The number of hydrogen-bond acceptors (Lipinski definition) is 3. The Kier molecular flexibility index (Phi) is 4.86. The van der Waals surface area contributed by atoms with Crippen molar-refractivity contribution in [2.45, 2.75) is 33.3 Å². The molecule has 3 nitrogen and oxygen atoms in total. The zero-order valence-corrected chi connectivity index (χ0v) is 7.33. The van der Waals surface area contributed by atoms with E-state index in [2.05, 4.69) is 0 Å². The van der Waals surface area contributed by atoms with Crippen molar-refractivity contribution in [2.75, 3.05) is 6.61 Å². The summed E-state index contributed by atoms with van der Waals surface area (Å²) in [5.41, 5.74) is 0. The maximum atomic E-state index is 10.8. The van der Waals surface area contributed by atoms with Crippen LogP contribution < -0.4 is 0 Å². The van der Waals surface area contributed by atoms with E-state index in [0.717, 1.165) is 0 Å². The summed E-state index contributed by atoms with van der Waals surface area (Å²) in [4.78, 5) is 10.8. The van der Waals surface area contributed by atoms with E-state index in [1.807, 2.05) is 6.92 Å². The Labute approximate surface area is 67.4 Å². The Morgan fingerprint density at radius 3 is 2.45 bits per heavy atom. The van der Waals surface area contributed by atoms with Gasteiger partial charge < -0.3 is 9.84 Å². The molecular weight excluding hydrogens is 144 g/mol. The van der Waals surface area contributed by atoms with Crippen LogP contribution in [0.3, 0.4) is 0 Å². The topological polar surface area (TPSA) is 46.5 Å². The maximum Gasteiger partial charge on any atom is 0.306 e. The van der Waals surface area contributed by atoms with Gasteiger partial charge in [-0.3, -0.25) is 4.79 Å². The summed E-state index contributed by atoms with van der Waals surface area (Å²) in [6.45, 7) is 5.67. The van der Waals surface area contributed by atoms with Crippen LogP contribution in [0.4, 0.5) is 0 Å². The van der Waals surface area contributed by atoms with Gasteiger partial charge in [0.05, 0.1) is 19.1 Å². The number of carbonyl (C=O) groups is 1. The van der Waals surface area contributed by atoms with E-state index in [9.17, 15) is 4.79 Å². The van der Waals surface area contributed by atoms with E-state index in [1.165, 1.54) is 0 Å². The molecule has 2 atom stereocenters. The Balaban J connectivity index is 3.57. The predicted octanol–water partition coefficient (Wildman–Crippen LogP) is 0.956. The van der Waals surface area contributed by atoms with Crippen LogP contribution >= 0.6 is 0 Å². The standard InChI is InChI=1S/C8H16O3/c1-4-11-8(10)5-6(2)7(3)9/h6-7,9H,4-5H2,1-3H3/t6-,7+/m0/s1. The van der Waals surface area contributed by atoms with Crippen molar-refractivity contribution in [1.29, 1.82) is 0 Å². The summed E-state index contributed by atoms with van der Waals surface area (Å²) >= 11 is 0. The van der Waals surface area contributed by atoms with Gasteiger partial charge in [-0.15, -0.1) is 0 Å². The molecule has 1 N–H and O–H groups in total. The van der Waals surface area contributed by atoms with Crippen LogP contribution in [0.25, 0.3) is 0 Å². The average Bonchev–Trinajstić information content (AvgIpc) is 1.87. The fourth-order valence-corrected chi connectivity index (χ4v) is 0.653. The molecule has 0 aliphatic heterocycles. The van der Waals surface area contributed by atoms with Gasteiger partial charge in [-0.2, -0.15) is 0 Å². The van der Waals surface area contributed by atoms with Gasteiger partial charge in [0.2, 0.25) is 0 Å². The minimum atomic E-state index is -0.445. The summed E-state index contributed by atoms with van der Waals surface area (Å²) in [5, 5.41) is 9.03. The van der Waals surface area contributed by atoms with Crippen molar-refractivity contribution in [3.8, 4) is 0 Å². The highest BCUT2D eigenvalue weighted by Crippen LogP contribution is 2.07. The van der Waals surface area contributed by atoms with Crippen LogP contribution in [-0.2, 0) is 9.53 Å².